The minimum Gasteiger partial charge on any atom is -0.497 e. The topological polar surface area (TPSA) is 26.3 Å². The van der Waals surface area contributed by atoms with Crippen molar-refractivity contribution in [1.82, 2.24) is 0 Å². The van der Waals surface area contributed by atoms with Crippen LogP contribution in [0.5, 0.6) is 5.75 Å². The van der Waals surface area contributed by atoms with Crippen molar-refractivity contribution in [2.24, 2.45) is 11.8 Å². The summed E-state index contributed by atoms with van der Waals surface area (Å²) in [5, 5.41) is 0. The fourth-order valence-corrected chi connectivity index (χ4v) is 6.96. The Labute approximate surface area is 219 Å². The molecular weight excluding hydrogens is 440 g/mol. The fourth-order valence-electron chi connectivity index (χ4n) is 6.96. The highest BCUT2D eigenvalue weighted by Crippen LogP contribution is 2.46. The van der Waals surface area contributed by atoms with Crippen LogP contribution in [-0.4, -0.2) is 12.9 Å². The van der Waals surface area contributed by atoms with Gasteiger partial charge in [0.15, 0.2) is 0 Å². The molecule has 0 aliphatic heterocycles. The van der Waals surface area contributed by atoms with Gasteiger partial charge in [-0.3, -0.25) is 4.79 Å². The molecule has 0 amide bonds. The van der Waals surface area contributed by atoms with E-state index in [4.69, 9.17) is 4.74 Å². The minimum atomic E-state index is 0.319. The van der Waals surface area contributed by atoms with Crippen molar-refractivity contribution in [3.63, 3.8) is 0 Å². The van der Waals surface area contributed by atoms with Crippen LogP contribution in [0.3, 0.4) is 0 Å². The van der Waals surface area contributed by atoms with Gasteiger partial charge in [0.25, 0.3) is 0 Å². The molecule has 2 nitrogen and oxygen atoms in total. The number of fused-ring (bicyclic) bond motifs is 1. The Kier molecular flexibility index (Phi) is 9.09. The Morgan fingerprint density at radius 3 is 2.47 bits per heavy atom. The van der Waals surface area contributed by atoms with Gasteiger partial charge in [0, 0.05) is 18.8 Å². The largest absolute Gasteiger partial charge is 0.497 e. The highest BCUT2D eigenvalue weighted by molar-refractivity contribution is 5.79. The summed E-state index contributed by atoms with van der Waals surface area (Å²) in [4.78, 5) is 13.0. The number of allylic oxidation sites excluding steroid dienone is 2. The van der Waals surface area contributed by atoms with Crippen molar-refractivity contribution in [2.45, 2.75) is 103 Å². The number of hydrogen-bond acceptors (Lipinski definition) is 2. The summed E-state index contributed by atoms with van der Waals surface area (Å²) in [6, 6.07) is 17.6. The third kappa shape index (κ3) is 5.96. The number of methoxy groups -OCH3 is 1. The molecule has 36 heavy (non-hydrogen) atoms. The molecule has 0 spiro atoms. The first-order valence-corrected chi connectivity index (χ1v) is 14.5. The summed E-state index contributed by atoms with van der Waals surface area (Å²) >= 11 is 0. The van der Waals surface area contributed by atoms with Gasteiger partial charge in [-0.05, 0) is 103 Å². The second-order valence-corrected chi connectivity index (χ2v) is 11.4. The molecule has 4 rings (SSSR count). The fraction of sp³-hybridized carbons (Fsp3) is 0.559. The van der Waals surface area contributed by atoms with E-state index in [9.17, 15) is 4.79 Å². The van der Waals surface area contributed by atoms with Gasteiger partial charge in [-0.2, -0.15) is 0 Å². The van der Waals surface area contributed by atoms with Gasteiger partial charge in [-0.25, -0.2) is 0 Å². The molecule has 1 fully saturated rings. The maximum atomic E-state index is 13.0. The maximum Gasteiger partial charge on any atom is 0.133 e. The molecule has 2 aromatic carbocycles. The quantitative estimate of drug-likeness (QED) is 0.299. The Balaban J connectivity index is 1.29. The molecule has 0 aromatic heterocycles. The molecule has 0 bridgehead atoms. The van der Waals surface area contributed by atoms with Gasteiger partial charge in [0.05, 0.1) is 7.11 Å². The molecule has 2 aromatic rings. The second kappa shape index (κ2) is 12.3. The first-order valence-electron chi connectivity index (χ1n) is 14.5. The van der Waals surface area contributed by atoms with Gasteiger partial charge < -0.3 is 4.74 Å². The number of ketones is 1. The van der Waals surface area contributed by atoms with E-state index < -0.39 is 0 Å². The van der Waals surface area contributed by atoms with Crippen LogP contribution in [0.2, 0.25) is 0 Å². The lowest BCUT2D eigenvalue weighted by Crippen LogP contribution is -2.31. The lowest BCUT2D eigenvalue weighted by molar-refractivity contribution is -0.120. The van der Waals surface area contributed by atoms with E-state index in [-0.39, 0.29) is 0 Å². The van der Waals surface area contributed by atoms with Crippen LogP contribution in [0.15, 0.2) is 54.6 Å². The van der Waals surface area contributed by atoms with E-state index in [1.165, 1.54) is 67.2 Å². The molecule has 1 saturated carbocycles. The van der Waals surface area contributed by atoms with E-state index in [2.05, 4.69) is 75.4 Å². The van der Waals surface area contributed by atoms with Gasteiger partial charge in [-0.1, -0.05) is 69.7 Å². The van der Waals surface area contributed by atoms with Gasteiger partial charge in [0.1, 0.15) is 11.5 Å². The van der Waals surface area contributed by atoms with Crippen LogP contribution in [-0.2, 0) is 10.2 Å². The summed E-state index contributed by atoms with van der Waals surface area (Å²) in [5.41, 5.74) is 6.08. The molecule has 2 aliphatic carbocycles. The first-order chi connectivity index (χ1) is 17.5. The number of hydrogen-bond donors (Lipinski definition) is 0. The number of carbonyl (C=O) groups excluding carboxylic acids is 1. The predicted molar refractivity (Wildman–Crippen MR) is 152 cm³/mol. The lowest BCUT2D eigenvalue weighted by Gasteiger charge is -2.40. The molecule has 2 heteroatoms. The molecule has 0 saturated heterocycles. The van der Waals surface area contributed by atoms with Gasteiger partial charge in [0.2, 0.25) is 0 Å². The van der Waals surface area contributed by atoms with Crippen molar-refractivity contribution in [2.75, 3.05) is 7.11 Å². The Morgan fingerprint density at radius 2 is 1.81 bits per heavy atom. The summed E-state index contributed by atoms with van der Waals surface area (Å²) in [7, 11) is 1.74. The van der Waals surface area contributed by atoms with Crippen LogP contribution in [0.4, 0.5) is 0 Å². The van der Waals surface area contributed by atoms with E-state index >= 15 is 0 Å². The van der Waals surface area contributed by atoms with Crippen LogP contribution < -0.4 is 4.74 Å². The lowest BCUT2D eigenvalue weighted by atomic mass is 9.64. The van der Waals surface area contributed by atoms with Gasteiger partial charge in [-0.15, -0.1) is 0 Å². The molecular formula is C34H46O2. The number of benzene rings is 2. The average Bonchev–Trinajstić information content (AvgIpc) is 3.24. The number of carbonyl (C=O) groups is 1. The van der Waals surface area contributed by atoms with Gasteiger partial charge >= 0.3 is 0 Å². The third-order valence-electron chi connectivity index (χ3n) is 9.22. The second-order valence-electron chi connectivity index (χ2n) is 11.4. The third-order valence-corrected chi connectivity index (χ3v) is 9.22. The van der Waals surface area contributed by atoms with E-state index in [1.807, 2.05) is 0 Å². The Morgan fingerprint density at radius 1 is 1.06 bits per heavy atom. The minimum absolute atomic E-state index is 0.319. The molecule has 2 unspecified atom stereocenters. The van der Waals surface area contributed by atoms with Crippen LogP contribution in [0.25, 0.3) is 5.57 Å². The summed E-state index contributed by atoms with van der Waals surface area (Å²) < 4.78 is 5.52. The predicted octanol–water partition coefficient (Wildman–Crippen LogP) is 9.28. The summed E-state index contributed by atoms with van der Waals surface area (Å²) in [5.74, 6) is 2.98. The molecule has 0 radical (unpaired) electrons. The maximum absolute atomic E-state index is 13.0. The Hall–Kier alpha value is -2.35. The zero-order valence-corrected chi connectivity index (χ0v) is 23.0. The van der Waals surface area contributed by atoms with E-state index in [1.54, 1.807) is 7.11 Å². The molecule has 2 aliphatic rings. The van der Waals surface area contributed by atoms with Crippen LogP contribution in [0, 0.1) is 11.8 Å². The molecule has 194 valence electrons. The number of ether oxygens (including phenoxy) is 1. The molecule has 0 heterocycles. The summed E-state index contributed by atoms with van der Waals surface area (Å²) in [6.07, 6.45) is 14.5. The smallest absolute Gasteiger partial charge is 0.133 e. The number of Topliss-reactive ketones (excluding diaryl/α,β-unsaturated/α-hetero) is 1. The summed E-state index contributed by atoms with van der Waals surface area (Å²) in [6.45, 7) is 6.90. The highest BCUT2D eigenvalue weighted by atomic mass is 16.5. The standard InChI is InChI=1S/C34H46O2/c1-5-11-27(32-22-25(3)31-17-16-30(36-4)24-33(31)32)12-10-15-29(35)23-26-18-20-34(6-2,21-19-26)28-13-8-7-9-14-28/h7-9,13-14,16-17,22,24-27H,5-6,10-12,15,18-21,23H2,1-4H3. The first kappa shape index (κ1) is 26.7. The van der Waals surface area contributed by atoms with E-state index in [0.717, 1.165) is 31.4 Å². The average molecular weight is 487 g/mol. The van der Waals surface area contributed by atoms with Crippen molar-refractivity contribution in [1.29, 1.82) is 0 Å². The normalized spacial score (nSPS) is 24.2. The zero-order valence-electron chi connectivity index (χ0n) is 23.0. The van der Waals surface area contributed by atoms with Crippen LogP contribution in [0.1, 0.15) is 114 Å². The Bertz CT molecular complexity index is 1030. The van der Waals surface area contributed by atoms with E-state index in [0.29, 0.717) is 29.0 Å². The van der Waals surface area contributed by atoms with Crippen molar-refractivity contribution in [3.8, 4) is 5.75 Å². The molecule has 0 N–H and O–H groups in total. The molecule has 2 atom stereocenters. The monoisotopic (exact) mass is 486 g/mol. The SMILES string of the molecule is CCCC(CCCC(=O)CC1CCC(CC)(c2ccccc2)CC1)C1=CC(C)c2ccc(OC)cc21. The highest BCUT2D eigenvalue weighted by Gasteiger charge is 2.35. The number of rotatable bonds is 12. The van der Waals surface area contributed by atoms with Crippen molar-refractivity contribution in [3.05, 3.63) is 71.3 Å². The van der Waals surface area contributed by atoms with Crippen LogP contribution >= 0.6 is 0 Å². The van der Waals surface area contributed by atoms with Crippen molar-refractivity contribution >= 4 is 11.4 Å². The zero-order chi connectivity index (χ0) is 25.5. The van der Waals surface area contributed by atoms with Crippen molar-refractivity contribution < 1.29 is 9.53 Å².